The molecule has 0 bridgehead atoms. The maximum Gasteiger partial charge on any atom is 0.164 e. The van der Waals surface area contributed by atoms with E-state index in [1.165, 1.54) is 0 Å². The van der Waals surface area contributed by atoms with Gasteiger partial charge in [0.2, 0.25) is 0 Å². The molecule has 2 aromatic heterocycles. The molecule has 0 spiro atoms. The van der Waals surface area contributed by atoms with Crippen molar-refractivity contribution in [1.82, 2.24) is 29.9 Å². The summed E-state index contributed by atoms with van der Waals surface area (Å²) in [6, 6.07) is 83.3. The van der Waals surface area contributed by atoms with Crippen molar-refractivity contribution in [3.8, 4) is 113 Å². The quantitative estimate of drug-likeness (QED) is 0.136. The average Bonchev–Trinajstić information content (AvgIpc) is 3.42. The Hall–Kier alpha value is -9.00. The van der Waals surface area contributed by atoms with Crippen molar-refractivity contribution in [3.05, 3.63) is 243 Å². The first-order valence-electron chi connectivity index (χ1n) is 22.0. The van der Waals surface area contributed by atoms with Gasteiger partial charge in [0.05, 0.1) is 0 Å². The fraction of sp³-hybridized carbons (Fsp3) is 0. The first kappa shape index (κ1) is 39.8. The Labute approximate surface area is 383 Å². The van der Waals surface area contributed by atoms with E-state index in [-0.39, 0.29) is 0 Å². The molecule has 0 atom stereocenters. The molecule has 6 nitrogen and oxygen atoms in total. The van der Waals surface area contributed by atoms with E-state index in [9.17, 15) is 0 Å². The van der Waals surface area contributed by atoms with E-state index in [4.69, 9.17) is 29.9 Å². The highest BCUT2D eigenvalue weighted by molar-refractivity contribution is 6.02. The van der Waals surface area contributed by atoms with Gasteiger partial charge in [0.25, 0.3) is 0 Å². The van der Waals surface area contributed by atoms with Gasteiger partial charge in [-0.1, -0.05) is 243 Å². The normalized spacial score (nSPS) is 11.0. The Bertz CT molecular complexity index is 3060. The molecular formula is C60H40N6. The number of aromatic nitrogens is 6. The van der Waals surface area contributed by atoms with Gasteiger partial charge in [-0.3, -0.25) is 0 Å². The fourth-order valence-corrected chi connectivity index (χ4v) is 8.37. The van der Waals surface area contributed by atoms with Gasteiger partial charge in [-0.15, -0.1) is 0 Å². The van der Waals surface area contributed by atoms with Crippen LogP contribution in [-0.2, 0) is 0 Å². The van der Waals surface area contributed by atoms with E-state index in [2.05, 4.69) is 121 Å². The molecule has 310 valence electrons. The maximum atomic E-state index is 5.03. The Balaban J connectivity index is 1.07. The Morgan fingerprint density at radius 3 is 0.561 bits per heavy atom. The van der Waals surface area contributed by atoms with E-state index in [0.29, 0.717) is 34.9 Å². The molecule has 0 radical (unpaired) electrons. The maximum absolute atomic E-state index is 5.03. The van der Waals surface area contributed by atoms with Gasteiger partial charge in [0, 0.05) is 33.4 Å². The Morgan fingerprint density at radius 1 is 0.152 bits per heavy atom. The van der Waals surface area contributed by atoms with Crippen LogP contribution in [0.1, 0.15) is 0 Å². The second-order valence-corrected chi connectivity index (χ2v) is 15.9. The summed E-state index contributed by atoms with van der Waals surface area (Å²) in [6.07, 6.45) is 0. The summed E-state index contributed by atoms with van der Waals surface area (Å²) in [5.74, 6) is 3.72. The average molecular weight is 845 g/mol. The van der Waals surface area contributed by atoms with Crippen molar-refractivity contribution < 1.29 is 0 Å². The van der Waals surface area contributed by atoms with Crippen LogP contribution in [-0.4, -0.2) is 29.9 Å². The van der Waals surface area contributed by atoms with Crippen LogP contribution in [0.4, 0.5) is 0 Å². The molecule has 0 fully saturated rings. The molecule has 0 amide bonds. The summed E-state index contributed by atoms with van der Waals surface area (Å²) in [5.41, 5.74) is 14.4. The van der Waals surface area contributed by atoms with Crippen molar-refractivity contribution in [2.45, 2.75) is 0 Å². The molecule has 6 heteroatoms. The first-order chi connectivity index (χ1) is 32.7. The van der Waals surface area contributed by atoms with Crippen LogP contribution in [0.5, 0.6) is 0 Å². The second kappa shape index (κ2) is 18.0. The van der Waals surface area contributed by atoms with Crippen molar-refractivity contribution in [2.75, 3.05) is 0 Å². The van der Waals surface area contributed by atoms with E-state index in [1.54, 1.807) is 0 Å². The Kier molecular flexibility index (Phi) is 10.9. The van der Waals surface area contributed by atoms with E-state index >= 15 is 0 Å². The number of hydrogen-bond donors (Lipinski definition) is 0. The van der Waals surface area contributed by atoms with E-state index in [0.717, 1.165) is 77.9 Å². The topological polar surface area (TPSA) is 77.3 Å². The molecule has 11 rings (SSSR count). The molecule has 0 aliphatic carbocycles. The van der Waals surface area contributed by atoms with Crippen LogP contribution in [0.3, 0.4) is 0 Å². The third-order valence-corrected chi connectivity index (χ3v) is 11.6. The first-order valence-corrected chi connectivity index (χ1v) is 22.0. The second-order valence-electron chi connectivity index (χ2n) is 15.9. The zero-order chi connectivity index (χ0) is 44.1. The highest BCUT2D eigenvalue weighted by Gasteiger charge is 2.21. The van der Waals surface area contributed by atoms with Gasteiger partial charge in [-0.2, -0.15) is 0 Å². The predicted molar refractivity (Wildman–Crippen MR) is 268 cm³/mol. The number of benzene rings is 9. The van der Waals surface area contributed by atoms with Gasteiger partial charge < -0.3 is 0 Å². The van der Waals surface area contributed by atoms with Gasteiger partial charge >= 0.3 is 0 Å². The van der Waals surface area contributed by atoms with Crippen molar-refractivity contribution in [1.29, 1.82) is 0 Å². The molecule has 0 saturated heterocycles. The van der Waals surface area contributed by atoms with Crippen LogP contribution < -0.4 is 0 Å². The summed E-state index contributed by atoms with van der Waals surface area (Å²) in [7, 11) is 0. The van der Waals surface area contributed by atoms with Crippen LogP contribution >= 0.6 is 0 Å². The molecule has 66 heavy (non-hydrogen) atoms. The molecule has 0 aliphatic heterocycles. The third kappa shape index (κ3) is 8.18. The SMILES string of the molecule is c1ccc(-c2nc(-c3ccccc3)nc(-c3ccc(-c4c(-c5ccccc5)ccc(-c5ccccc5)c4-c4ccc(-c5nc(-c6ccccc6)nc(-c6ccccc6)n5)cc4)cc3)n2)cc1. The summed E-state index contributed by atoms with van der Waals surface area (Å²) in [6.45, 7) is 0. The predicted octanol–water partition coefficient (Wildman–Crippen LogP) is 14.7. The number of hydrogen-bond acceptors (Lipinski definition) is 6. The van der Waals surface area contributed by atoms with Crippen molar-refractivity contribution in [3.63, 3.8) is 0 Å². The molecule has 0 unspecified atom stereocenters. The Morgan fingerprint density at radius 2 is 0.333 bits per heavy atom. The third-order valence-electron chi connectivity index (χ3n) is 11.6. The lowest BCUT2D eigenvalue weighted by atomic mass is 9.82. The minimum absolute atomic E-state index is 0.607. The summed E-state index contributed by atoms with van der Waals surface area (Å²) in [5, 5.41) is 0. The van der Waals surface area contributed by atoms with E-state index < -0.39 is 0 Å². The zero-order valence-electron chi connectivity index (χ0n) is 35.8. The summed E-state index contributed by atoms with van der Waals surface area (Å²) < 4.78 is 0. The minimum atomic E-state index is 0.607. The van der Waals surface area contributed by atoms with Crippen LogP contribution in [0.25, 0.3) is 113 Å². The standard InChI is InChI=1S/C60H40N6/c1-7-19-41(20-8-1)51-39-40-52(42-21-9-2-10-22-42)54(44-33-37-50(38-34-44)60-65-57(47-27-15-5-16-28-47)62-58(66-60)48-29-17-6-18-30-48)53(51)43-31-35-49(36-32-43)59-63-55(45-23-11-3-12-24-45)61-56(64-59)46-25-13-4-14-26-46/h1-40H. The number of nitrogens with zero attached hydrogens (tertiary/aromatic N) is 6. The summed E-state index contributed by atoms with van der Waals surface area (Å²) >= 11 is 0. The zero-order valence-corrected chi connectivity index (χ0v) is 35.8. The highest BCUT2D eigenvalue weighted by atomic mass is 15.0. The molecule has 0 aliphatic rings. The summed E-state index contributed by atoms with van der Waals surface area (Å²) in [4.78, 5) is 30.0. The molecule has 0 saturated carbocycles. The minimum Gasteiger partial charge on any atom is -0.208 e. The molecular weight excluding hydrogens is 805 g/mol. The van der Waals surface area contributed by atoms with Crippen molar-refractivity contribution in [2.24, 2.45) is 0 Å². The van der Waals surface area contributed by atoms with Gasteiger partial charge in [0.15, 0.2) is 34.9 Å². The van der Waals surface area contributed by atoms with Gasteiger partial charge in [0.1, 0.15) is 0 Å². The monoisotopic (exact) mass is 844 g/mol. The lowest BCUT2D eigenvalue weighted by molar-refractivity contribution is 1.07. The van der Waals surface area contributed by atoms with Crippen LogP contribution in [0, 0.1) is 0 Å². The number of rotatable bonds is 10. The molecule has 9 aromatic carbocycles. The smallest absolute Gasteiger partial charge is 0.164 e. The molecule has 0 N–H and O–H groups in total. The van der Waals surface area contributed by atoms with Gasteiger partial charge in [-0.05, 0) is 44.5 Å². The largest absolute Gasteiger partial charge is 0.208 e. The van der Waals surface area contributed by atoms with Crippen LogP contribution in [0.2, 0.25) is 0 Å². The van der Waals surface area contributed by atoms with E-state index in [1.807, 2.05) is 121 Å². The lowest BCUT2D eigenvalue weighted by Crippen LogP contribution is -2.00. The van der Waals surface area contributed by atoms with Gasteiger partial charge in [-0.25, -0.2) is 29.9 Å². The van der Waals surface area contributed by atoms with Crippen LogP contribution in [0.15, 0.2) is 243 Å². The lowest BCUT2D eigenvalue weighted by Gasteiger charge is -2.21. The molecule has 11 aromatic rings. The fourth-order valence-electron chi connectivity index (χ4n) is 8.37. The van der Waals surface area contributed by atoms with Crippen molar-refractivity contribution >= 4 is 0 Å². The highest BCUT2D eigenvalue weighted by Crippen LogP contribution is 2.46. The molecule has 2 heterocycles.